The van der Waals surface area contributed by atoms with Gasteiger partial charge in [-0.1, -0.05) is 24.3 Å². The number of aromatic amines is 1. The normalized spacial score (nSPS) is 10.6. The van der Waals surface area contributed by atoms with Gasteiger partial charge in [0.2, 0.25) is 0 Å². The van der Waals surface area contributed by atoms with Gasteiger partial charge in [-0.3, -0.25) is 0 Å². The van der Waals surface area contributed by atoms with E-state index in [-0.39, 0.29) is 0 Å². The first kappa shape index (κ1) is 9.84. The van der Waals surface area contributed by atoms with Crippen LogP contribution in [0.25, 0.3) is 11.0 Å². The number of hydrogen-bond donors (Lipinski definition) is 2. The number of aromatic nitrogens is 3. The molecule has 3 rings (SSSR count). The molecule has 1 aromatic heterocycles. The topological polar surface area (TPSA) is 53.6 Å². The van der Waals surface area contributed by atoms with E-state index in [0.29, 0.717) is 0 Å². The third kappa shape index (κ3) is 2.10. The van der Waals surface area contributed by atoms with Gasteiger partial charge in [0.25, 0.3) is 0 Å². The molecule has 4 heteroatoms. The molecule has 0 saturated carbocycles. The number of H-pyrrole nitrogens is 1. The fourth-order valence-electron chi connectivity index (χ4n) is 1.76. The van der Waals surface area contributed by atoms with Crippen LogP contribution in [0.5, 0.6) is 0 Å². The monoisotopic (exact) mass is 224 g/mol. The molecule has 0 bridgehead atoms. The predicted octanol–water partition coefficient (Wildman–Crippen LogP) is 2.57. The summed E-state index contributed by atoms with van der Waals surface area (Å²) < 4.78 is 0. The van der Waals surface area contributed by atoms with Gasteiger partial charge in [0.15, 0.2) is 0 Å². The number of nitrogens with one attached hydrogen (secondary N) is 2. The summed E-state index contributed by atoms with van der Waals surface area (Å²) in [7, 11) is 0. The molecule has 0 atom stereocenters. The van der Waals surface area contributed by atoms with Crippen molar-refractivity contribution in [3.05, 3.63) is 54.1 Å². The quantitative estimate of drug-likeness (QED) is 0.719. The number of fused-ring (bicyclic) bond motifs is 1. The van der Waals surface area contributed by atoms with Gasteiger partial charge in [0, 0.05) is 12.2 Å². The number of para-hydroxylation sites is 1. The highest BCUT2D eigenvalue weighted by Crippen LogP contribution is 2.12. The van der Waals surface area contributed by atoms with E-state index >= 15 is 0 Å². The van der Waals surface area contributed by atoms with Crippen LogP contribution < -0.4 is 5.32 Å². The molecule has 0 aliphatic carbocycles. The number of nitrogens with zero attached hydrogens (tertiary/aromatic N) is 2. The number of rotatable bonds is 3. The zero-order valence-electron chi connectivity index (χ0n) is 9.22. The second-order valence-corrected chi connectivity index (χ2v) is 3.87. The standard InChI is InChI=1S/C13H12N4/c1-2-4-11(5-3-1)14-9-10-6-7-12-13(8-10)16-17-15-12/h1-8,14H,9H2,(H,15,16,17). The molecule has 0 radical (unpaired) electrons. The Balaban J connectivity index is 1.76. The SMILES string of the molecule is c1ccc(NCc2ccc3n[nH]nc3c2)cc1. The maximum atomic E-state index is 4.07. The lowest BCUT2D eigenvalue weighted by Crippen LogP contribution is -1.98. The molecule has 0 aliphatic rings. The number of hydrogen-bond acceptors (Lipinski definition) is 3. The zero-order valence-corrected chi connectivity index (χ0v) is 9.22. The Bertz CT molecular complexity index is 615. The summed E-state index contributed by atoms with van der Waals surface area (Å²) >= 11 is 0. The van der Waals surface area contributed by atoms with Crippen LogP contribution in [0, 0.1) is 0 Å². The van der Waals surface area contributed by atoms with E-state index in [9.17, 15) is 0 Å². The highest BCUT2D eigenvalue weighted by Gasteiger charge is 1.99. The molecule has 2 aromatic carbocycles. The molecular formula is C13H12N4. The van der Waals surface area contributed by atoms with E-state index < -0.39 is 0 Å². The minimum Gasteiger partial charge on any atom is -0.381 e. The summed E-state index contributed by atoms with van der Waals surface area (Å²) in [4.78, 5) is 0. The van der Waals surface area contributed by atoms with Gasteiger partial charge < -0.3 is 5.32 Å². The lowest BCUT2D eigenvalue weighted by atomic mass is 10.2. The Labute approximate surface area is 98.7 Å². The average Bonchev–Trinajstić information content (AvgIpc) is 2.85. The van der Waals surface area contributed by atoms with Crippen LogP contribution in [-0.2, 0) is 6.54 Å². The molecule has 0 unspecified atom stereocenters. The van der Waals surface area contributed by atoms with Crippen LogP contribution >= 0.6 is 0 Å². The van der Waals surface area contributed by atoms with E-state index in [1.165, 1.54) is 5.56 Å². The third-order valence-electron chi connectivity index (χ3n) is 2.65. The molecule has 0 fully saturated rings. The molecule has 0 saturated heterocycles. The van der Waals surface area contributed by atoms with Crippen LogP contribution in [0.1, 0.15) is 5.56 Å². The minimum absolute atomic E-state index is 0.785. The fraction of sp³-hybridized carbons (Fsp3) is 0.0769. The van der Waals surface area contributed by atoms with Crippen LogP contribution in [0.4, 0.5) is 5.69 Å². The zero-order chi connectivity index (χ0) is 11.5. The Morgan fingerprint density at radius 1 is 0.941 bits per heavy atom. The van der Waals surface area contributed by atoms with Gasteiger partial charge in [-0.05, 0) is 29.8 Å². The van der Waals surface area contributed by atoms with E-state index in [1.54, 1.807) is 0 Å². The Hall–Kier alpha value is -2.36. The summed E-state index contributed by atoms with van der Waals surface area (Å²) in [6.07, 6.45) is 0. The highest BCUT2D eigenvalue weighted by atomic mass is 15.3. The third-order valence-corrected chi connectivity index (χ3v) is 2.65. The lowest BCUT2D eigenvalue weighted by Gasteiger charge is -2.05. The van der Waals surface area contributed by atoms with Crippen LogP contribution in [0.3, 0.4) is 0 Å². The minimum atomic E-state index is 0.785. The first-order valence-electron chi connectivity index (χ1n) is 5.50. The predicted molar refractivity (Wildman–Crippen MR) is 67.7 cm³/mol. The largest absolute Gasteiger partial charge is 0.381 e. The number of anilines is 1. The molecule has 3 aromatic rings. The second-order valence-electron chi connectivity index (χ2n) is 3.87. The van der Waals surface area contributed by atoms with E-state index in [0.717, 1.165) is 23.3 Å². The van der Waals surface area contributed by atoms with Gasteiger partial charge in [-0.15, -0.1) is 0 Å². The Morgan fingerprint density at radius 2 is 1.76 bits per heavy atom. The Morgan fingerprint density at radius 3 is 2.65 bits per heavy atom. The average molecular weight is 224 g/mol. The van der Waals surface area contributed by atoms with Gasteiger partial charge in [-0.2, -0.15) is 15.4 Å². The summed E-state index contributed by atoms with van der Waals surface area (Å²) in [6.45, 7) is 0.785. The van der Waals surface area contributed by atoms with Crippen molar-refractivity contribution in [1.82, 2.24) is 15.4 Å². The van der Waals surface area contributed by atoms with Crippen LogP contribution in [-0.4, -0.2) is 15.4 Å². The van der Waals surface area contributed by atoms with Crippen LogP contribution in [0.2, 0.25) is 0 Å². The molecule has 0 aliphatic heterocycles. The van der Waals surface area contributed by atoms with E-state index in [1.807, 2.05) is 30.3 Å². The first-order valence-corrected chi connectivity index (χ1v) is 5.50. The van der Waals surface area contributed by atoms with Gasteiger partial charge in [0.1, 0.15) is 11.0 Å². The summed E-state index contributed by atoms with van der Waals surface area (Å²) in [5.41, 5.74) is 4.11. The molecule has 2 N–H and O–H groups in total. The van der Waals surface area contributed by atoms with Crippen molar-refractivity contribution < 1.29 is 0 Å². The smallest absolute Gasteiger partial charge is 0.113 e. The Kier molecular flexibility index (Phi) is 2.46. The van der Waals surface area contributed by atoms with Crippen molar-refractivity contribution in [3.8, 4) is 0 Å². The highest BCUT2D eigenvalue weighted by molar-refractivity contribution is 5.74. The van der Waals surface area contributed by atoms with Gasteiger partial charge in [-0.25, -0.2) is 0 Å². The number of benzene rings is 2. The van der Waals surface area contributed by atoms with Crippen molar-refractivity contribution in [1.29, 1.82) is 0 Å². The summed E-state index contributed by atoms with van der Waals surface area (Å²) in [5, 5.41) is 14.1. The lowest BCUT2D eigenvalue weighted by molar-refractivity contribution is 0.959. The van der Waals surface area contributed by atoms with Crippen molar-refractivity contribution in [2.45, 2.75) is 6.54 Å². The van der Waals surface area contributed by atoms with Crippen LogP contribution in [0.15, 0.2) is 48.5 Å². The second kappa shape index (κ2) is 4.25. The molecule has 84 valence electrons. The summed E-state index contributed by atoms with van der Waals surface area (Å²) in [6, 6.07) is 16.2. The molecule has 17 heavy (non-hydrogen) atoms. The molecule has 4 nitrogen and oxygen atoms in total. The van der Waals surface area contributed by atoms with Crippen molar-refractivity contribution in [2.75, 3.05) is 5.32 Å². The maximum absolute atomic E-state index is 4.07. The van der Waals surface area contributed by atoms with Gasteiger partial charge >= 0.3 is 0 Å². The van der Waals surface area contributed by atoms with E-state index in [2.05, 4.69) is 38.9 Å². The summed E-state index contributed by atoms with van der Waals surface area (Å²) in [5.74, 6) is 0. The van der Waals surface area contributed by atoms with Crippen molar-refractivity contribution in [3.63, 3.8) is 0 Å². The molecule has 1 heterocycles. The maximum Gasteiger partial charge on any atom is 0.113 e. The molecule has 0 amide bonds. The van der Waals surface area contributed by atoms with Crippen molar-refractivity contribution in [2.24, 2.45) is 0 Å². The molecule has 0 spiro atoms. The fourth-order valence-corrected chi connectivity index (χ4v) is 1.76. The van der Waals surface area contributed by atoms with Gasteiger partial charge in [0.05, 0.1) is 0 Å². The molecular weight excluding hydrogens is 212 g/mol. The first-order chi connectivity index (χ1) is 8.42. The van der Waals surface area contributed by atoms with E-state index in [4.69, 9.17) is 0 Å². The van der Waals surface area contributed by atoms with Crippen molar-refractivity contribution >= 4 is 16.7 Å².